The van der Waals surface area contributed by atoms with Crippen LogP contribution >= 0.6 is 0 Å². The highest BCUT2D eigenvalue weighted by molar-refractivity contribution is 5.75. The predicted octanol–water partition coefficient (Wildman–Crippen LogP) is 0.321. The Kier molecular flexibility index (Phi) is 2.91. The molecular weight excluding hydrogens is 294 g/mol. The standard InChI is InChI=1S/C16H17N5O2/c17-14-21-15(16(18,22)23-14)5-4-11-10(8-15)2-1-3-12(11)13-9-19-6-7-20-13/h1-3,6-7,9,22H,4-5,8,18H2,(H2,17,21). The molecule has 2 heterocycles. The number of aromatic nitrogens is 2. The number of amidine groups is 1. The van der Waals surface area contributed by atoms with E-state index in [9.17, 15) is 5.11 Å². The summed E-state index contributed by atoms with van der Waals surface area (Å²) in [5.74, 6) is -1.88. The summed E-state index contributed by atoms with van der Waals surface area (Å²) in [4.78, 5) is 12.8. The fourth-order valence-electron chi connectivity index (χ4n) is 3.48. The van der Waals surface area contributed by atoms with Gasteiger partial charge in [-0.2, -0.15) is 0 Å². The van der Waals surface area contributed by atoms with E-state index in [2.05, 4.69) is 15.0 Å². The summed E-state index contributed by atoms with van der Waals surface area (Å²) >= 11 is 0. The number of rotatable bonds is 1. The molecule has 7 nitrogen and oxygen atoms in total. The summed E-state index contributed by atoms with van der Waals surface area (Å²) in [6.07, 6.45) is 6.77. The van der Waals surface area contributed by atoms with Gasteiger partial charge in [0.1, 0.15) is 0 Å². The lowest BCUT2D eigenvalue weighted by molar-refractivity contribution is -0.177. The number of ether oxygens (including phenoxy) is 1. The second-order valence-electron chi connectivity index (χ2n) is 5.99. The fraction of sp³-hybridized carbons (Fsp3) is 0.312. The molecule has 1 aliphatic heterocycles. The van der Waals surface area contributed by atoms with Crippen LogP contribution in [-0.4, -0.2) is 32.5 Å². The quantitative estimate of drug-likeness (QED) is 0.652. The molecule has 5 N–H and O–H groups in total. The van der Waals surface area contributed by atoms with Crippen molar-refractivity contribution >= 4 is 6.02 Å². The smallest absolute Gasteiger partial charge is 0.295 e. The van der Waals surface area contributed by atoms with E-state index in [-0.39, 0.29) is 6.02 Å². The van der Waals surface area contributed by atoms with E-state index >= 15 is 0 Å². The molecule has 2 atom stereocenters. The molecule has 0 saturated heterocycles. The Bertz CT molecular complexity index is 790. The molecule has 2 aliphatic rings. The van der Waals surface area contributed by atoms with Crippen LogP contribution in [0.15, 0.2) is 41.8 Å². The van der Waals surface area contributed by atoms with E-state index in [1.54, 1.807) is 18.6 Å². The monoisotopic (exact) mass is 311 g/mol. The van der Waals surface area contributed by atoms with Crippen LogP contribution in [0.5, 0.6) is 0 Å². The molecule has 2 aromatic rings. The third kappa shape index (κ3) is 2.08. The van der Waals surface area contributed by atoms with Gasteiger partial charge in [0.15, 0.2) is 5.54 Å². The number of fused-ring (bicyclic) bond motifs is 1. The Morgan fingerprint density at radius 1 is 1.26 bits per heavy atom. The second-order valence-corrected chi connectivity index (χ2v) is 5.99. The molecular formula is C16H17N5O2. The van der Waals surface area contributed by atoms with Gasteiger partial charge in [0.05, 0.1) is 11.9 Å². The first-order valence-electron chi connectivity index (χ1n) is 7.43. The van der Waals surface area contributed by atoms with Gasteiger partial charge in [0.25, 0.3) is 11.9 Å². The molecule has 0 bridgehead atoms. The second kappa shape index (κ2) is 4.74. The van der Waals surface area contributed by atoms with Gasteiger partial charge >= 0.3 is 0 Å². The molecule has 4 rings (SSSR count). The largest absolute Gasteiger partial charge is 0.416 e. The van der Waals surface area contributed by atoms with Crippen molar-refractivity contribution in [2.45, 2.75) is 30.7 Å². The number of hydrogen-bond donors (Lipinski definition) is 3. The minimum Gasteiger partial charge on any atom is -0.416 e. The number of aliphatic imine (C=N–C) groups is 1. The third-order valence-corrected chi connectivity index (χ3v) is 4.63. The van der Waals surface area contributed by atoms with Crippen LogP contribution in [0.3, 0.4) is 0 Å². The van der Waals surface area contributed by atoms with Crippen molar-refractivity contribution in [3.63, 3.8) is 0 Å². The Balaban J connectivity index is 1.78. The Labute approximate surface area is 133 Å². The van der Waals surface area contributed by atoms with Crippen LogP contribution in [0.1, 0.15) is 17.5 Å². The highest BCUT2D eigenvalue weighted by atomic mass is 16.7. The molecule has 0 saturated carbocycles. The van der Waals surface area contributed by atoms with Crippen molar-refractivity contribution < 1.29 is 9.84 Å². The van der Waals surface area contributed by atoms with Crippen molar-refractivity contribution in [1.82, 2.24) is 9.97 Å². The topological polar surface area (TPSA) is 120 Å². The van der Waals surface area contributed by atoms with E-state index in [0.29, 0.717) is 19.3 Å². The fourth-order valence-corrected chi connectivity index (χ4v) is 3.48. The van der Waals surface area contributed by atoms with Crippen LogP contribution < -0.4 is 11.5 Å². The summed E-state index contributed by atoms with van der Waals surface area (Å²) in [6, 6.07) is 5.93. The lowest BCUT2D eigenvalue weighted by Crippen LogP contribution is -2.60. The van der Waals surface area contributed by atoms with E-state index in [1.807, 2.05) is 18.2 Å². The first-order chi connectivity index (χ1) is 11.0. The van der Waals surface area contributed by atoms with Crippen molar-refractivity contribution in [1.29, 1.82) is 0 Å². The van der Waals surface area contributed by atoms with Gasteiger partial charge in [-0.1, -0.05) is 18.2 Å². The summed E-state index contributed by atoms with van der Waals surface area (Å²) in [6.45, 7) is 0. The first kappa shape index (κ1) is 14.1. The molecule has 1 spiro atoms. The van der Waals surface area contributed by atoms with E-state index in [1.165, 1.54) is 5.56 Å². The van der Waals surface area contributed by atoms with E-state index in [4.69, 9.17) is 16.2 Å². The Hall–Kier alpha value is -2.51. The normalized spacial score (nSPS) is 29.0. The van der Waals surface area contributed by atoms with Gasteiger partial charge in [-0.15, -0.1) is 0 Å². The predicted molar refractivity (Wildman–Crippen MR) is 84.1 cm³/mol. The minimum absolute atomic E-state index is 0.0662. The number of nitrogens with two attached hydrogens (primary N) is 2. The maximum Gasteiger partial charge on any atom is 0.295 e. The molecule has 1 aliphatic carbocycles. The average molecular weight is 311 g/mol. The minimum atomic E-state index is -1.88. The van der Waals surface area contributed by atoms with Crippen molar-refractivity contribution in [3.8, 4) is 11.3 Å². The van der Waals surface area contributed by atoms with Gasteiger partial charge in [-0.25, -0.2) is 4.99 Å². The Morgan fingerprint density at radius 3 is 2.83 bits per heavy atom. The number of nitrogens with zero attached hydrogens (tertiary/aromatic N) is 3. The Morgan fingerprint density at radius 2 is 2.13 bits per heavy atom. The van der Waals surface area contributed by atoms with Gasteiger partial charge < -0.3 is 15.6 Å². The molecule has 0 radical (unpaired) electrons. The number of hydrogen-bond acceptors (Lipinski definition) is 7. The zero-order valence-electron chi connectivity index (χ0n) is 12.4. The van der Waals surface area contributed by atoms with Gasteiger partial charge in [-0.3, -0.25) is 15.7 Å². The van der Waals surface area contributed by atoms with Crippen molar-refractivity contribution in [3.05, 3.63) is 47.9 Å². The molecule has 1 aromatic carbocycles. The summed E-state index contributed by atoms with van der Waals surface area (Å²) in [5, 5.41) is 10.4. The number of aliphatic hydroxyl groups is 1. The van der Waals surface area contributed by atoms with Crippen LogP contribution in [0.4, 0.5) is 0 Å². The zero-order chi connectivity index (χ0) is 16.1. The van der Waals surface area contributed by atoms with Crippen molar-refractivity contribution in [2.75, 3.05) is 0 Å². The third-order valence-electron chi connectivity index (χ3n) is 4.63. The van der Waals surface area contributed by atoms with Gasteiger partial charge in [0, 0.05) is 24.4 Å². The molecule has 1 aromatic heterocycles. The molecule has 23 heavy (non-hydrogen) atoms. The summed E-state index contributed by atoms with van der Waals surface area (Å²) in [5.41, 5.74) is 14.7. The highest BCUT2D eigenvalue weighted by Crippen LogP contribution is 2.43. The van der Waals surface area contributed by atoms with Crippen LogP contribution in [0.2, 0.25) is 0 Å². The first-order valence-corrected chi connectivity index (χ1v) is 7.43. The van der Waals surface area contributed by atoms with Crippen LogP contribution in [0, 0.1) is 0 Å². The lowest BCUT2D eigenvalue weighted by atomic mass is 9.74. The van der Waals surface area contributed by atoms with Crippen LogP contribution in [-0.2, 0) is 17.6 Å². The van der Waals surface area contributed by atoms with Crippen LogP contribution in [0.25, 0.3) is 11.3 Å². The summed E-state index contributed by atoms with van der Waals surface area (Å²) < 4.78 is 5.11. The van der Waals surface area contributed by atoms with E-state index in [0.717, 1.165) is 16.8 Å². The van der Waals surface area contributed by atoms with Crippen molar-refractivity contribution in [2.24, 2.45) is 16.5 Å². The number of benzene rings is 1. The highest BCUT2D eigenvalue weighted by Gasteiger charge is 2.56. The van der Waals surface area contributed by atoms with Gasteiger partial charge in [-0.05, 0) is 24.0 Å². The van der Waals surface area contributed by atoms with E-state index < -0.39 is 11.4 Å². The molecule has 0 fully saturated rings. The summed E-state index contributed by atoms with van der Waals surface area (Å²) in [7, 11) is 0. The molecule has 2 unspecified atom stereocenters. The lowest BCUT2D eigenvalue weighted by Gasteiger charge is -2.39. The van der Waals surface area contributed by atoms with Gasteiger partial charge in [0.2, 0.25) is 0 Å². The average Bonchev–Trinajstić information content (AvgIpc) is 2.75. The maximum atomic E-state index is 10.4. The molecule has 7 heteroatoms. The zero-order valence-corrected chi connectivity index (χ0v) is 12.4. The molecule has 118 valence electrons. The molecule has 0 amide bonds. The maximum absolute atomic E-state index is 10.4. The SMILES string of the molecule is NC1=NC2(CCc3c(cccc3-c3cnccn3)C2)C(N)(O)O1.